The molecule has 1 aliphatic carbocycles. The van der Waals surface area contributed by atoms with Gasteiger partial charge in [-0.3, -0.25) is 0 Å². The van der Waals surface area contributed by atoms with E-state index in [1.54, 1.807) is 6.08 Å². The molecule has 1 unspecified atom stereocenters. The van der Waals surface area contributed by atoms with Crippen LogP contribution >= 0.6 is 11.6 Å². The molecule has 126 valence electrons. The molecular formula is C17H13ClF3NO2. The molecule has 0 N–H and O–H groups in total. The maximum Gasteiger partial charge on any atom is 0.573 e. The fourth-order valence-electron chi connectivity index (χ4n) is 2.35. The molecule has 1 aromatic heterocycles. The molecule has 1 heterocycles. The Balaban J connectivity index is 1.96. The number of oxazole rings is 1. The van der Waals surface area contributed by atoms with Crippen molar-refractivity contribution in [1.29, 1.82) is 0 Å². The van der Waals surface area contributed by atoms with E-state index >= 15 is 0 Å². The Bertz CT molecular complexity index is 849. The molecule has 3 rings (SSSR count). The van der Waals surface area contributed by atoms with Gasteiger partial charge in [-0.05, 0) is 30.5 Å². The number of halogens is 4. The van der Waals surface area contributed by atoms with E-state index in [1.165, 1.54) is 18.2 Å². The standard InChI is InChI=1S/C17H13ClF3NO2/c1-2-10-4-3-5-12(13(18)8-10)16-22-14-9-11(24-17(19,20)21)6-7-15(14)23-16/h3-10H,2H2,1H3. The normalized spacial score (nSPS) is 18.3. The molecule has 0 fully saturated rings. The summed E-state index contributed by atoms with van der Waals surface area (Å²) in [5.74, 6) is 0.108. The minimum Gasteiger partial charge on any atom is -0.436 e. The summed E-state index contributed by atoms with van der Waals surface area (Å²) >= 11 is 6.32. The Morgan fingerprint density at radius 1 is 1.33 bits per heavy atom. The van der Waals surface area contributed by atoms with E-state index in [0.717, 1.165) is 6.42 Å². The average molecular weight is 356 g/mol. The molecule has 0 saturated heterocycles. The molecule has 0 spiro atoms. The fourth-order valence-corrected chi connectivity index (χ4v) is 2.66. The first-order chi connectivity index (χ1) is 11.4. The van der Waals surface area contributed by atoms with Crippen LogP contribution in [0.15, 0.2) is 52.0 Å². The molecule has 2 aromatic rings. The second-order valence-electron chi connectivity index (χ2n) is 5.25. The minimum absolute atomic E-state index is 0.211. The van der Waals surface area contributed by atoms with Gasteiger partial charge < -0.3 is 9.15 Å². The van der Waals surface area contributed by atoms with Gasteiger partial charge >= 0.3 is 6.36 Å². The molecule has 0 saturated carbocycles. The van der Waals surface area contributed by atoms with E-state index in [2.05, 4.69) is 9.72 Å². The van der Waals surface area contributed by atoms with Crippen LogP contribution < -0.4 is 4.74 Å². The van der Waals surface area contributed by atoms with E-state index in [4.69, 9.17) is 16.0 Å². The van der Waals surface area contributed by atoms with Gasteiger partial charge in [0.05, 0.1) is 5.57 Å². The van der Waals surface area contributed by atoms with Crippen molar-refractivity contribution in [1.82, 2.24) is 4.98 Å². The molecular weight excluding hydrogens is 343 g/mol. The van der Waals surface area contributed by atoms with Crippen molar-refractivity contribution in [3.63, 3.8) is 0 Å². The molecule has 1 aliphatic rings. The zero-order valence-electron chi connectivity index (χ0n) is 12.6. The SMILES string of the molecule is CCC1C=CC=C(c2nc3cc(OC(F)(F)F)ccc3o2)C(Cl)=C1. The van der Waals surface area contributed by atoms with Crippen LogP contribution in [0, 0.1) is 5.92 Å². The average Bonchev–Trinajstić information content (AvgIpc) is 2.81. The highest BCUT2D eigenvalue weighted by atomic mass is 35.5. The van der Waals surface area contributed by atoms with Crippen LogP contribution in [0.1, 0.15) is 19.2 Å². The van der Waals surface area contributed by atoms with Crippen LogP contribution in [-0.4, -0.2) is 11.3 Å². The predicted molar refractivity (Wildman–Crippen MR) is 85.5 cm³/mol. The van der Waals surface area contributed by atoms with E-state index < -0.39 is 6.36 Å². The van der Waals surface area contributed by atoms with E-state index in [0.29, 0.717) is 16.2 Å². The maximum atomic E-state index is 12.3. The molecule has 0 aliphatic heterocycles. The molecule has 1 atom stereocenters. The molecule has 0 amide bonds. The van der Waals surface area contributed by atoms with Gasteiger partial charge in [0, 0.05) is 11.1 Å². The van der Waals surface area contributed by atoms with Crippen molar-refractivity contribution in [2.75, 3.05) is 0 Å². The Morgan fingerprint density at radius 3 is 2.83 bits per heavy atom. The summed E-state index contributed by atoms with van der Waals surface area (Å²) in [4.78, 5) is 4.23. The third-order valence-corrected chi connectivity index (χ3v) is 3.86. The Kier molecular flexibility index (Phi) is 4.41. The van der Waals surface area contributed by atoms with Crippen LogP contribution in [0.2, 0.25) is 0 Å². The lowest BCUT2D eigenvalue weighted by molar-refractivity contribution is -0.274. The van der Waals surface area contributed by atoms with Gasteiger partial charge in [-0.15, -0.1) is 13.2 Å². The second-order valence-corrected chi connectivity index (χ2v) is 5.66. The van der Waals surface area contributed by atoms with E-state index in [-0.39, 0.29) is 23.1 Å². The predicted octanol–water partition coefficient (Wildman–Crippen LogP) is 5.83. The highest BCUT2D eigenvalue weighted by Gasteiger charge is 2.31. The third-order valence-electron chi connectivity index (χ3n) is 3.53. The molecule has 24 heavy (non-hydrogen) atoms. The summed E-state index contributed by atoms with van der Waals surface area (Å²) in [7, 11) is 0. The van der Waals surface area contributed by atoms with Gasteiger partial charge in [0.2, 0.25) is 5.89 Å². The largest absolute Gasteiger partial charge is 0.573 e. The zero-order valence-corrected chi connectivity index (χ0v) is 13.4. The summed E-state index contributed by atoms with van der Waals surface area (Å²) in [6.45, 7) is 2.04. The van der Waals surface area contributed by atoms with Crippen LogP contribution in [0.4, 0.5) is 13.2 Å². The topological polar surface area (TPSA) is 35.3 Å². The van der Waals surface area contributed by atoms with Crippen molar-refractivity contribution in [2.45, 2.75) is 19.7 Å². The maximum absolute atomic E-state index is 12.3. The Morgan fingerprint density at radius 2 is 2.12 bits per heavy atom. The fraction of sp³-hybridized carbons (Fsp3) is 0.235. The minimum atomic E-state index is -4.75. The van der Waals surface area contributed by atoms with Gasteiger partial charge in [-0.1, -0.05) is 36.8 Å². The van der Waals surface area contributed by atoms with Crippen LogP contribution in [-0.2, 0) is 0 Å². The molecule has 0 bridgehead atoms. The van der Waals surface area contributed by atoms with Crippen molar-refractivity contribution in [3.05, 3.63) is 53.4 Å². The zero-order chi connectivity index (χ0) is 17.3. The number of allylic oxidation sites excluding steroid dienone is 6. The van der Waals surface area contributed by atoms with Crippen molar-refractivity contribution < 1.29 is 22.3 Å². The molecule has 7 heteroatoms. The summed E-state index contributed by atoms with van der Waals surface area (Å²) in [6, 6.07) is 3.73. The highest BCUT2D eigenvalue weighted by Crippen LogP contribution is 2.33. The van der Waals surface area contributed by atoms with Gasteiger partial charge in [-0.25, -0.2) is 4.98 Å². The van der Waals surface area contributed by atoms with Crippen LogP contribution in [0.3, 0.4) is 0 Å². The lowest BCUT2D eigenvalue weighted by atomic mass is 10.1. The summed E-state index contributed by atoms with van der Waals surface area (Å²) < 4.78 is 46.4. The Hall–Kier alpha value is -2.21. The first-order valence-electron chi connectivity index (χ1n) is 7.28. The van der Waals surface area contributed by atoms with Crippen molar-refractivity contribution in [2.24, 2.45) is 5.92 Å². The lowest BCUT2D eigenvalue weighted by Gasteiger charge is -2.07. The van der Waals surface area contributed by atoms with Gasteiger partial charge in [-0.2, -0.15) is 0 Å². The molecule has 0 radical (unpaired) electrons. The summed E-state index contributed by atoms with van der Waals surface area (Å²) in [5, 5.41) is 0.491. The summed E-state index contributed by atoms with van der Waals surface area (Å²) in [6.07, 6.45) is 3.68. The number of aromatic nitrogens is 1. The number of ether oxygens (including phenoxy) is 1. The second kappa shape index (κ2) is 6.36. The number of rotatable bonds is 3. The monoisotopic (exact) mass is 355 g/mol. The number of fused-ring (bicyclic) bond motifs is 1. The highest BCUT2D eigenvalue weighted by molar-refractivity contribution is 6.36. The number of alkyl halides is 3. The number of benzene rings is 1. The quantitative estimate of drug-likeness (QED) is 0.695. The van der Waals surface area contributed by atoms with Gasteiger partial charge in [0.15, 0.2) is 5.58 Å². The summed E-state index contributed by atoms with van der Waals surface area (Å²) in [5.41, 5.74) is 1.20. The number of nitrogens with zero attached hydrogens (tertiary/aromatic N) is 1. The number of hydrogen-bond donors (Lipinski definition) is 0. The molecule has 1 aromatic carbocycles. The first kappa shape index (κ1) is 16.6. The van der Waals surface area contributed by atoms with Gasteiger partial charge in [0.1, 0.15) is 11.3 Å². The lowest BCUT2D eigenvalue weighted by Crippen LogP contribution is -2.16. The van der Waals surface area contributed by atoms with E-state index in [9.17, 15) is 13.2 Å². The van der Waals surface area contributed by atoms with Crippen molar-refractivity contribution >= 4 is 28.3 Å². The first-order valence-corrected chi connectivity index (χ1v) is 7.66. The Labute approximate surface area is 141 Å². The number of hydrogen-bond acceptors (Lipinski definition) is 3. The van der Waals surface area contributed by atoms with E-state index in [1.807, 2.05) is 25.2 Å². The molecule has 3 nitrogen and oxygen atoms in total. The van der Waals surface area contributed by atoms with Gasteiger partial charge in [0.25, 0.3) is 0 Å². The third kappa shape index (κ3) is 3.64. The van der Waals surface area contributed by atoms with Crippen molar-refractivity contribution in [3.8, 4) is 5.75 Å². The van der Waals surface area contributed by atoms with Crippen LogP contribution in [0.5, 0.6) is 5.75 Å². The van der Waals surface area contributed by atoms with Crippen LogP contribution in [0.25, 0.3) is 16.7 Å². The smallest absolute Gasteiger partial charge is 0.436 e.